The fraction of sp³-hybridized carbons (Fsp3) is 0.679. The first kappa shape index (κ1) is 54.3. The van der Waals surface area contributed by atoms with E-state index in [1.165, 1.54) is 109 Å². The maximum atomic E-state index is 12.2. The molecule has 1 N–H and O–H groups in total. The molecule has 1 unspecified atom stereocenters. The number of ether oxygens (including phenoxy) is 2. The van der Waals surface area contributed by atoms with Crippen LogP contribution < -0.4 is 0 Å². The fourth-order valence-corrected chi connectivity index (χ4v) is 6.36. The highest BCUT2D eigenvalue weighted by atomic mass is 16.6. The minimum Gasteiger partial charge on any atom is -0.457 e. The third kappa shape index (κ3) is 47.6. The molecule has 0 fully saturated rings. The van der Waals surface area contributed by atoms with Crippen molar-refractivity contribution in [3.05, 3.63) is 97.2 Å². The number of hydrogen-bond acceptors (Lipinski definition) is 4. The summed E-state index contributed by atoms with van der Waals surface area (Å²) >= 11 is 0. The second kappa shape index (κ2) is 49.5. The van der Waals surface area contributed by atoms with Crippen LogP contribution >= 0.6 is 0 Å². The Balaban J connectivity index is 3.55. The Morgan fingerprint density at radius 1 is 0.439 bits per heavy atom. The van der Waals surface area contributed by atoms with E-state index in [0.717, 1.165) is 77.0 Å². The number of allylic oxidation sites excluding steroid dienone is 16. The molecule has 0 saturated heterocycles. The third-order valence-corrected chi connectivity index (χ3v) is 9.89. The molecule has 0 saturated carbocycles. The molecule has 0 aromatic rings. The fourth-order valence-electron chi connectivity index (χ4n) is 6.36. The van der Waals surface area contributed by atoms with E-state index >= 15 is 0 Å². The molecule has 326 valence electrons. The summed E-state index contributed by atoms with van der Waals surface area (Å²) in [6, 6.07) is 0. The summed E-state index contributed by atoms with van der Waals surface area (Å²) in [5, 5.41) is 9.63. The molecule has 0 aliphatic heterocycles. The summed E-state index contributed by atoms with van der Waals surface area (Å²) in [5.41, 5.74) is 0. The lowest BCUT2D eigenvalue weighted by atomic mass is 10.1. The van der Waals surface area contributed by atoms with Gasteiger partial charge < -0.3 is 14.6 Å². The Morgan fingerprint density at radius 3 is 1.21 bits per heavy atom. The van der Waals surface area contributed by atoms with Crippen molar-refractivity contribution in [1.29, 1.82) is 0 Å². The molecular weight excluding hydrogens is 701 g/mol. The summed E-state index contributed by atoms with van der Waals surface area (Å²) in [7, 11) is 0. The molecule has 0 aliphatic rings. The second-order valence-corrected chi connectivity index (χ2v) is 15.4. The molecule has 0 aliphatic carbocycles. The number of aliphatic hydroxyl groups is 1. The van der Waals surface area contributed by atoms with E-state index in [2.05, 4.69) is 111 Å². The Kier molecular flexibility index (Phi) is 47.1. The van der Waals surface area contributed by atoms with Crippen LogP contribution in [0.25, 0.3) is 0 Å². The van der Waals surface area contributed by atoms with Crippen LogP contribution in [0.2, 0.25) is 0 Å². The second-order valence-electron chi connectivity index (χ2n) is 15.4. The summed E-state index contributed by atoms with van der Waals surface area (Å²) in [6.07, 6.45) is 70.6. The van der Waals surface area contributed by atoms with Gasteiger partial charge in [0.05, 0.1) is 13.2 Å². The Morgan fingerprint density at radius 2 is 0.789 bits per heavy atom. The lowest BCUT2D eigenvalue weighted by Gasteiger charge is -2.15. The van der Waals surface area contributed by atoms with Crippen LogP contribution in [0.1, 0.15) is 206 Å². The topological polar surface area (TPSA) is 55.8 Å². The molecule has 57 heavy (non-hydrogen) atoms. The van der Waals surface area contributed by atoms with Crippen molar-refractivity contribution in [3.63, 3.8) is 0 Å². The monoisotopic (exact) mass is 791 g/mol. The summed E-state index contributed by atoms with van der Waals surface area (Å²) in [6.45, 7) is 5.13. The zero-order valence-electron chi connectivity index (χ0n) is 37.3. The lowest BCUT2D eigenvalue weighted by molar-refractivity contribution is -0.154. The van der Waals surface area contributed by atoms with E-state index in [-0.39, 0.29) is 19.2 Å². The van der Waals surface area contributed by atoms with Crippen molar-refractivity contribution in [3.8, 4) is 0 Å². The van der Waals surface area contributed by atoms with Gasteiger partial charge in [-0.25, -0.2) is 0 Å². The molecular formula is C53H90O4. The van der Waals surface area contributed by atoms with Gasteiger partial charge in [0.1, 0.15) is 6.10 Å². The summed E-state index contributed by atoms with van der Waals surface area (Å²) in [4.78, 5) is 12.2. The molecule has 0 spiro atoms. The van der Waals surface area contributed by atoms with Crippen LogP contribution in [-0.2, 0) is 14.3 Å². The van der Waals surface area contributed by atoms with E-state index < -0.39 is 6.10 Å². The van der Waals surface area contributed by atoms with Gasteiger partial charge in [0.2, 0.25) is 0 Å². The van der Waals surface area contributed by atoms with Crippen molar-refractivity contribution < 1.29 is 19.4 Å². The highest BCUT2D eigenvalue weighted by Gasteiger charge is 2.13. The first-order valence-corrected chi connectivity index (χ1v) is 23.8. The Bertz CT molecular complexity index is 1060. The smallest absolute Gasteiger partial charge is 0.306 e. The number of hydrogen-bond donors (Lipinski definition) is 1. The molecule has 0 heterocycles. The van der Waals surface area contributed by atoms with Crippen LogP contribution in [-0.4, -0.2) is 37.0 Å². The van der Waals surface area contributed by atoms with Crippen molar-refractivity contribution >= 4 is 5.97 Å². The average molecular weight is 791 g/mol. The molecule has 0 amide bonds. The van der Waals surface area contributed by atoms with Crippen molar-refractivity contribution in [2.75, 3.05) is 19.8 Å². The minimum absolute atomic E-state index is 0.196. The zero-order valence-corrected chi connectivity index (χ0v) is 37.3. The van der Waals surface area contributed by atoms with E-state index in [0.29, 0.717) is 13.0 Å². The van der Waals surface area contributed by atoms with Gasteiger partial charge in [0.25, 0.3) is 0 Å². The van der Waals surface area contributed by atoms with Crippen LogP contribution in [0, 0.1) is 0 Å². The van der Waals surface area contributed by atoms with Crippen LogP contribution in [0.15, 0.2) is 97.2 Å². The number of carbonyl (C=O) groups excluding carboxylic acids is 1. The predicted octanol–water partition coefficient (Wildman–Crippen LogP) is 16.1. The van der Waals surface area contributed by atoms with Gasteiger partial charge >= 0.3 is 5.97 Å². The largest absolute Gasteiger partial charge is 0.457 e. The van der Waals surface area contributed by atoms with Crippen molar-refractivity contribution in [1.82, 2.24) is 0 Å². The normalized spacial score (nSPS) is 13.2. The molecule has 0 aromatic heterocycles. The summed E-state index contributed by atoms with van der Waals surface area (Å²) in [5.74, 6) is -0.221. The molecule has 0 bridgehead atoms. The number of carbonyl (C=O) groups is 1. The first-order valence-electron chi connectivity index (χ1n) is 23.8. The average Bonchev–Trinajstić information content (AvgIpc) is 3.22. The van der Waals surface area contributed by atoms with Crippen LogP contribution in [0.4, 0.5) is 0 Å². The number of aliphatic hydroxyl groups excluding tert-OH is 1. The van der Waals surface area contributed by atoms with Crippen LogP contribution in [0.3, 0.4) is 0 Å². The molecule has 4 heteroatoms. The minimum atomic E-state index is -0.566. The number of esters is 1. The van der Waals surface area contributed by atoms with Gasteiger partial charge in [0, 0.05) is 13.0 Å². The van der Waals surface area contributed by atoms with Crippen molar-refractivity contribution in [2.45, 2.75) is 213 Å². The van der Waals surface area contributed by atoms with Gasteiger partial charge in [0.15, 0.2) is 0 Å². The Labute approximate surface area is 353 Å². The predicted molar refractivity (Wildman–Crippen MR) is 251 cm³/mol. The Hall–Kier alpha value is -2.69. The zero-order chi connectivity index (χ0) is 41.2. The molecule has 4 nitrogen and oxygen atoms in total. The van der Waals surface area contributed by atoms with Gasteiger partial charge in [-0.15, -0.1) is 0 Å². The van der Waals surface area contributed by atoms with Gasteiger partial charge in [-0.2, -0.15) is 0 Å². The van der Waals surface area contributed by atoms with Crippen molar-refractivity contribution in [2.24, 2.45) is 0 Å². The van der Waals surface area contributed by atoms with Gasteiger partial charge in [-0.1, -0.05) is 201 Å². The van der Waals surface area contributed by atoms with Gasteiger partial charge in [-0.05, 0) is 96.3 Å². The highest BCUT2D eigenvalue weighted by molar-refractivity contribution is 5.69. The molecule has 0 aromatic carbocycles. The number of unbranched alkanes of at least 4 members (excludes halogenated alkanes) is 19. The van der Waals surface area contributed by atoms with E-state index in [9.17, 15) is 9.90 Å². The summed E-state index contributed by atoms with van der Waals surface area (Å²) < 4.78 is 11.1. The maximum Gasteiger partial charge on any atom is 0.306 e. The highest BCUT2D eigenvalue weighted by Crippen LogP contribution is 2.13. The third-order valence-electron chi connectivity index (χ3n) is 9.89. The van der Waals surface area contributed by atoms with Crippen LogP contribution in [0.5, 0.6) is 0 Å². The van der Waals surface area contributed by atoms with E-state index in [1.807, 2.05) is 0 Å². The number of rotatable bonds is 43. The van der Waals surface area contributed by atoms with E-state index in [1.54, 1.807) is 0 Å². The lowest BCUT2D eigenvalue weighted by Crippen LogP contribution is -2.27. The van der Waals surface area contributed by atoms with Gasteiger partial charge in [-0.3, -0.25) is 4.79 Å². The molecule has 1 atom stereocenters. The molecule has 0 rings (SSSR count). The quantitative estimate of drug-likeness (QED) is 0.0380. The molecule has 0 radical (unpaired) electrons. The van der Waals surface area contributed by atoms with E-state index in [4.69, 9.17) is 9.47 Å². The first-order chi connectivity index (χ1) is 28.2. The standard InChI is InChI=1S/C53H90O4/c1-3-5-7-9-11-13-15-17-19-21-23-25-26-27-29-31-33-35-37-39-41-43-45-47-49-56-51-52(50-54)57-53(55)48-46-44-42-40-38-36-34-32-30-28-24-22-20-18-16-14-12-10-8-6-4-2/h5,7,11,13,17,19,22-25,27,29,33,35,39,41,52,54H,3-4,6,8-10,12,14-16,18,20-21,26,28,30-32,34,36-38,40,42-51H2,1-2H3/b7-5-,13-11-,19-17-,24-22-,25-23-,29-27-,35-33-,41-39-. The maximum absolute atomic E-state index is 12.2. The SMILES string of the molecule is CC/C=C\C/C=C\C/C=C\C/C=C\C/C=C\C/C=C\C/C=C\CCCCOCC(CO)OC(=O)CCCCCCCCCCC/C=C\CCCCCCCCCC.